The molecule has 0 radical (unpaired) electrons. The second kappa shape index (κ2) is 11.6. The maximum atomic E-state index is 12.9. The van der Waals surface area contributed by atoms with E-state index in [1.807, 2.05) is 24.3 Å². The summed E-state index contributed by atoms with van der Waals surface area (Å²) in [5.74, 6) is 0.782. The van der Waals surface area contributed by atoms with Gasteiger partial charge in [-0.05, 0) is 106 Å². The van der Waals surface area contributed by atoms with E-state index in [9.17, 15) is 4.79 Å². The average Bonchev–Trinajstić information content (AvgIpc) is 3.27. The Labute approximate surface area is 210 Å². The molecule has 5 rings (SSSR count). The minimum Gasteiger partial charge on any atom is -0.491 e. The fourth-order valence-electron chi connectivity index (χ4n) is 5.79. The van der Waals surface area contributed by atoms with Crippen LogP contribution in [0.2, 0.25) is 0 Å². The molecule has 1 N–H and O–H groups in total. The van der Waals surface area contributed by atoms with Gasteiger partial charge in [0, 0.05) is 24.3 Å². The van der Waals surface area contributed by atoms with Crippen molar-refractivity contribution in [2.45, 2.75) is 82.9 Å². The number of hydrogen-bond donors (Lipinski definition) is 1. The third kappa shape index (κ3) is 6.25. The molecule has 3 aliphatic rings. The number of likely N-dealkylation sites (tertiary alicyclic amines) is 1. The smallest absolute Gasteiger partial charge is 0.251 e. The van der Waals surface area contributed by atoms with Crippen LogP contribution >= 0.6 is 0 Å². The van der Waals surface area contributed by atoms with Crippen LogP contribution in [-0.2, 0) is 17.6 Å². The SMILES string of the molecule is C[C@H](c1ccc2c(c1)CCC(NC(=O)c1ccc(OCC3CCCO3)cc1)C2)N1CCCCCC1. The Kier molecular flexibility index (Phi) is 8.05. The third-order valence-corrected chi connectivity index (χ3v) is 8.04. The summed E-state index contributed by atoms with van der Waals surface area (Å²) in [5, 5.41) is 3.26. The van der Waals surface area contributed by atoms with Crippen molar-refractivity contribution in [3.63, 3.8) is 0 Å². The number of nitrogens with zero attached hydrogens (tertiary/aromatic N) is 1. The molecular weight excluding hydrogens is 436 g/mol. The average molecular weight is 477 g/mol. The van der Waals surface area contributed by atoms with E-state index in [4.69, 9.17) is 9.47 Å². The molecule has 2 fully saturated rings. The number of rotatable bonds is 7. The normalized spacial score (nSPS) is 23.8. The van der Waals surface area contributed by atoms with Crippen LogP contribution < -0.4 is 10.1 Å². The monoisotopic (exact) mass is 476 g/mol. The Morgan fingerprint density at radius 2 is 1.83 bits per heavy atom. The Morgan fingerprint density at radius 1 is 1.03 bits per heavy atom. The fourth-order valence-corrected chi connectivity index (χ4v) is 5.79. The molecule has 5 heteroatoms. The zero-order valence-electron chi connectivity index (χ0n) is 21.1. The number of benzene rings is 2. The number of fused-ring (bicyclic) bond motifs is 1. The minimum absolute atomic E-state index is 0.00414. The highest BCUT2D eigenvalue weighted by Gasteiger charge is 2.23. The molecular formula is C30H40N2O3. The van der Waals surface area contributed by atoms with E-state index in [-0.39, 0.29) is 18.1 Å². The van der Waals surface area contributed by atoms with Gasteiger partial charge in [0.2, 0.25) is 0 Å². The Morgan fingerprint density at radius 3 is 2.57 bits per heavy atom. The molecule has 2 unspecified atom stereocenters. The van der Waals surface area contributed by atoms with Gasteiger partial charge in [0.25, 0.3) is 5.91 Å². The van der Waals surface area contributed by atoms with Gasteiger partial charge in [-0.2, -0.15) is 0 Å². The molecule has 0 saturated carbocycles. The van der Waals surface area contributed by atoms with Crippen LogP contribution in [0.3, 0.4) is 0 Å². The van der Waals surface area contributed by atoms with Crippen molar-refractivity contribution in [3.8, 4) is 5.75 Å². The van der Waals surface area contributed by atoms with Crippen LogP contribution in [0.4, 0.5) is 0 Å². The molecule has 188 valence electrons. The second-order valence-corrected chi connectivity index (χ2v) is 10.5. The topological polar surface area (TPSA) is 50.8 Å². The molecule has 0 bridgehead atoms. The lowest BCUT2D eigenvalue weighted by Crippen LogP contribution is -2.39. The van der Waals surface area contributed by atoms with Gasteiger partial charge in [0.05, 0.1) is 6.10 Å². The zero-order chi connectivity index (χ0) is 24.0. The van der Waals surface area contributed by atoms with Crippen molar-refractivity contribution in [3.05, 3.63) is 64.7 Å². The van der Waals surface area contributed by atoms with Crippen LogP contribution in [0.5, 0.6) is 5.75 Å². The van der Waals surface area contributed by atoms with E-state index >= 15 is 0 Å². The molecule has 2 aromatic rings. The van der Waals surface area contributed by atoms with Gasteiger partial charge in [0.1, 0.15) is 12.4 Å². The number of aryl methyl sites for hydroxylation is 1. The number of carbonyl (C=O) groups is 1. The third-order valence-electron chi connectivity index (χ3n) is 8.04. The number of hydrogen-bond acceptors (Lipinski definition) is 4. The Hall–Kier alpha value is -2.37. The molecule has 0 spiro atoms. The number of nitrogens with one attached hydrogen (secondary N) is 1. The highest BCUT2D eigenvalue weighted by atomic mass is 16.5. The first-order valence-corrected chi connectivity index (χ1v) is 13.7. The highest BCUT2D eigenvalue weighted by Crippen LogP contribution is 2.29. The maximum absolute atomic E-state index is 12.9. The van der Waals surface area contributed by atoms with E-state index in [1.165, 1.54) is 55.5 Å². The van der Waals surface area contributed by atoms with Crippen molar-refractivity contribution in [1.82, 2.24) is 10.2 Å². The largest absolute Gasteiger partial charge is 0.491 e. The number of amides is 1. The molecule has 2 aromatic carbocycles. The molecule has 35 heavy (non-hydrogen) atoms. The van der Waals surface area contributed by atoms with Crippen LogP contribution in [-0.4, -0.2) is 49.3 Å². The van der Waals surface area contributed by atoms with Crippen molar-refractivity contribution in [2.75, 3.05) is 26.3 Å². The van der Waals surface area contributed by atoms with E-state index < -0.39 is 0 Å². The van der Waals surface area contributed by atoms with Gasteiger partial charge in [0.15, 0.2) is 0 Å². The number of ether oxygens (including phenoxy) is 2. The van der Waals surface area contributed by atoms with Gasteiger partial charge in [-0.1, -0.05) is 31.0 Å². The molecule has 2 heterocycles. The highest BCUT2D eigenvalue weighted by molar-refractivity contribution is 5.94. The molecule has 1 amide bonds. The van der Waals surface area contributed by atoms with Crippen molar-refractivity contribution < 1.29 is 14.3 Å². The van der Waals surface area contributed by atoms with E-state index in [0.29, 0.717) is 18.2 Å². The molecule has 1 aliphatic carbocycles. The predicted molar refractivity (Wildman–Crippen MR) is 139 cm³/mol. The lowest BCUT2D eigenvalue weighted by Gasteiger charge is -2.30. The van der Waals surface area contributed by atoms with Gasteiger partial charge in [-0.25, -0.2) is 0 Å². The van der Waals surface area contributed by atoms with Gasteiger partial charge in [-0.3, -0.25) is 9.69 Å². The molecule has 3 atom stereocenters. The van der Waals surface area contributed by atoms with E-state index in [0.717, 1.165) is 44.5 Å². The minimum atomic E-state index is -0.00414. The Bertz CT molecular complexity index is 976. The van der Waals surface area contributed by atoms with Crippen LogP contribution in [0.1, 0.15) is 85.0 Å². The first-order chi connectivity index (χ1) is 17.2. The lowest BCUT2D eigenvalue weighted by molar-refractivity contribution is 0.0679. The van der Waals surface area contributed by atoms with Crippen molar-refractivity contribution >= 4 is 5.91 Å². The summed E-state index contributed by atoms with van der Waals surface area (Å²) in [5.41, 5.74) is 4.96. The van der Waals surface area contributed by atoms with Crippen LogP contribution in [0, 0.1) is 0 Å². The van der Waals surface area contributed by atoms with Crippen molar-refractivity contribution in [2.24, 2.45) is 0 Å². The molecule has 2 saturated heterocycles. The summed E-state index contributed by atoms with van der Waals surface area (Å²) < 4.78 is 11.4. The van der Waals surface area contributed by atoms with Gasteiger partial charge < -0.3 is 14.8 Å². The summed E-state index contributed by atoms with van der Waals surface area (Å²) in [7, 11) is 0. The molecule has 5 nitrogen and oxygen atoms in total. The standard InChI is InChI=1S/C30H40N2O3/c1-22(32-16-4-2-3-5-17-32)24-8-9-26-20-27(13-10-25(26)19-24)31-30(33)23-11-14-28(15-12-23)35-21-29-7-6-18-34-29/h8-9,11-12,14-15,19,22,27,29H,2-7,10,13,16-18,20-21H2,1H3,(H,31,33)/t22-,27?,29?/m1/s1. The zero-order valence-corrected chi connectivity index (χ0v) is 21.1. The van der Waals surface area contributed by atoms with Crippen LogP contribution in [0.25, 0.3) is 0 Å². The summed E-state index contributed by atoms with van der Waals surface area (Å²) >= 11 is 0. The second-order valence-electron chi connectivity index (χ2n) is 10.5. The van der Waals surface area contributed by atoms with Crippen LogP contribution in [0.15, 0.2) is 42.5 Å². The van der Waals surface area contributed by atoms with Crippen molar-refractivity contribution in [1.29, 1.82) is 0 Å². The van der Waals surface area contributed by atoms with E-state index in [1.54, 1.807) is 0 Å². The first kappa shape index (κ1) is 24.3. The maximum Gasteiger partial charge on any atom is 0.251 e. The summed E-state index contributed by atoms with van der Waals surface area (Å²) in [6.45, 7) is 6.20. The van der Waals surface area contributed by atoms with E-state index in [2.05, 4.69) is 35.3 Å². The predicted octanol–water partition coefficient (Wildman–Crippen LogP) is 5.47. The Balaban J connectivity index is 1.14. The van der Waals surface area contributed by atoms with Gasteiger partial charge >= 0.3 is 0 Å². The summed E-state index contributed by atoms with van der Waals surface area (Å²) in [4.78, 5) is 15.5. The quantitative estimate of drug-likeness (QED) is 0.576. The molecule has 0 aromatic heterocycles. The summed E-state index contributed by atoms with van der Waals surface area (Å²) in [6.07, 6.45) is 10.7. The molecule has 2 aliphatic heterocycles. The number of carbonyl (C=O) groups excluding carboxylic acids is 1. The first-order valence-electron chi connectivity index (χ1n) is 13.7. The van der Waals surface area contributed by atoms with Gasteiger partial charge in [-0.15, -0.1) is 0 Å². The summed E-state index contributed by atoms with van der Waals surface area (Å²) in [6, 6.07) is 15.2. The fraction of sp³-hybridized carbons (Fsp3) is 0.567. The lowest BCUT2D eigenvalue weighted by atomic mass is 9.86.